The number of benzene rings is 1. The smallest absolute Gasteiger partial charge is 0.241 e. The van der Waals surface area contributed by atoms with Crippen molar-refractivity contribution in [1.29, 1.82) is 0 Å². The molecular formula is C19H21N3O3. The second kappa shape index (κ2) is 8.39. The predicted molar refractivity (Wildman–Crippen MR) is 94.5 cm³/mol. The van der Waals surface area contributed by atoms with Crippen LogP contribution in [0.3, 0.4) is 0 Å². The summed E-state index contributed by atoms with van der Waals surface area (Å²) in [5.41, 5.74) is 2.86. The molecule has 0 amide bonds. The van der Waals surface area contributed by atoms with E-state index >= 15 is 0 Å². The Bertz CT molecular complexity index is 831. The second-order valence-corrected chi connectivity index (χ2v) is 5.71. The Balaban J connectivity index is 1.81. The zero-order chi connectivity index (χ0) is 17.5. The number of unbranched alkanes of at least 4 members (excludes halogenated alkanes) is 1. The maximum atomic E-state index is 11.3. The van der Waals surface area contributed by atoms with E-state index in [1.807, 2.05) is 34.9 Å². The number of ether oxygens (including phenoxy) is 2. The van der Waals surface area contributed by atoms with Gasteiger partial charge in [0, 0.05) is 6.20 Å². The standard InChI is InChI=1S/C19H21N3O3/c1-2-3-9-25-19-18-17(20-13-21-19)16(11-23)10-22(18)14-24-12-15-7-5-4-6-8-15/h4-8,10-11,13H,2-3,9,12,14H2,1H3. The molecule has 25 heavy (non-hydrogen) atoms. The van der Waals surface area contributed by atoms with Crippen LogP contribution in [0.5, 0.6) is 5.88 Å². The van der Waals surface area contributed by atoms with Crippen LogP contribution in [0.25, 0.3) is 11.0 Å². The first-order chi connectivity index (χ1) is 12.3. The second-order valence-electron chi connectivity index (χ2n) is 5.71. The first-order valence-electron chi connectivity index (χ1n) is 8.37. The third-order valence-electron chi connectivity index (χ3n) is 3.85. The molecule has 0 aliphatic rings. The Morgan fingerprint density at radius 3 is 2.80 bits per heavy atom. The van der Waals surface area contributed by atoms with Gasteiger partial charge in [-0.3, -0.25) is 4.79 Å². The van der Waals surface area contributed by atoms with E-state index in [1.54, 1.807) is 6.20 Å². The molecule has 2 heterocycles. The van der Waals surface area contributed by atoms with Crippen molar-refractivity contribution >= 4 is 17.3 Å². The molecule has 0 atom stereocenters. The number of hydrogen-bond acceptors (Lipinski definition) is 5. The summed E-state index contributed by atoms with van der Waals surface area (Å²) in [5, 5.41) is 0. The van der Waals surface area contributed by atoms with E-state index in [0.29, 0.717) is 35.7 Å². The number of fused-ring (bicyclic) bond motifs is 1. The van der Waals surface area contributed by atoms with Gasteiger partial charge in [0.25, 0.3) is 0 Å². The highest BCUT2D eigenvalue weighted by atomic mass is 16.5. The summed E-state index contributed by atoms with van der Waals surface area (Å²) in [6.45, 7) is 3.45. The van der Waals surface area contributed by atoms with Crippen molar-refractivity contribution in [2.45, 2.75) is 33.1 Å². The normalized spacial score (nSPS) is 10.9. The summed E-state index contributed by atoms with van der Waals surface area (Å²) < 4.78 is 13.4. The third-order valence-corrected chi connectivity index (χ3v) is 3.85. The highest BCUT2D eigenvalue weighted by Gasteiger charge is 2.15. The SMILES string of the molecule is CCCCOc1ncnc2c(C=O)cn(COCc3ccccc3)c12. The highest BCUT2D eigenvalue weighted by molar-refractivity contribution is 5.96. The van der Waals surface area contributed by atoms with E-state index in [9.17, 15) is 4.79 Å². The number of aldehydes is 1. The van der Waals surface area contributed by atoms with Crippen LogP contribution in [0, 0.1) is 0 Å². The Hall–Kier alpha value is -2.73. The van der Waals surface area contributed by atoms with Gasteiger partial charge in [0.1, 0.15) is 24.1 Å². The molecule has 6 nitrogen and oxygen atoms in total. The topological polar surface area (TPSA) is 66.2 Å². The Morgan fingerprint density at radius 2 is 2.04 bits per heavy atom. The van der Waals surface area contributed by atoms with Crippen molar-refractivity contribution in [3.63, 3.8) is 0 Å². The minimum Gasteiger partial charge on any atom is -0.476 e. The van der Waals surface area contributed by atoms with Crippen LogP contribution in [0.2, 0.25) is 0 Å². The van der Waals surface area contributed by atoms with Gasteiger partial charge in [-0.1, -0.05) is 43.7 Å². The van der Waals surface area contributed by atoms with Crippen LogP contribution in [0.1, 0.15) is 35.7 Å². The predicted octanol–water partition coefficient (Wildman–Crippen LogP) is 3.60. The fourth-order valence-corrected chi connectivity index (χ4v) is 2.57. The van der Waals surface area contributed by atoms with Gasteiger partial charge < -0.3 is 14.0 Å². The molecule has 3 aromatic rings. The summed E-state index contributed by atoms with van der Waals surface area (Å²) in [7, 11) is 0. The van der Waals surface area contributed by atoms with Gasteiger partial charge >= 0.3 is 0 Å². The van der Waals surface area contributed by atoms with Gasteiger partial charge in [0.05, 0.1) is 18.8 Å². The van der Waals surface area contributed by atoms with E-state index in [4.69, 9.17) is 9.47 Å². The first kappa shape index (κ1) is 17.1. The number of rotatable bonds is 9. The van der Waals surface area contributed by atoms with E-state index in [2.05, 4.69) is 16.9 Å². The fraction of sp³-hybridized carbons (Fsp3) is 0.316. The molecule has 6 heteroatoms. The molecule has 0 fully saturated rings. The molecule has 0 bridgehead atoms. The molecule has 3 rings (SSSR count). The van der Waals surface area contributed by atoms with E-state index in [0.717, 1.165) is 24.7 Å². The average molecular weight is 339 g/mol. The van der Waals surface area contributed by atoms with Gasteiger partial charge in [0.15, 0.2) is 6.29 Å². The fourth-order valence-electron chi connectivity index (χ4n) is 2.57. The maximum Gasteiger partial charge on any atom is 0.241 e. The molecule has 0 aliphatic carbocycles. The Kier molecular flexibility index (Phi) is 5.74. The molecule has 0 spiro atoms. The average Bonchev–Trinajstić information content (AvgIpc) is 3.02. The monoisotopic (exact) mass is 339 g/mol. The number of aromatic nitrogens is 3. The van der Waals surface area contributed by atoms with Crippen LogP contribution < -0.4 is 4.74 Å². The molecule has 0 unspecified atom stereocenters. The molecule has 0 radical (unpaired) electrons. The summed E-state index contributed by atoms with van der Waals surface area (Å²) in [4.78, 5) is 19.8. The largest absolute Gasteiger partial charge is 0.476 e. The summed E-state index contributed by atoms with van der Waals surface area (Å²) in [5.74, 6) is 0.481. The van der Waals surface area contributed by atoms with Gasteiger partial charge in [-0.25, -0.2) is 4.98 Å². The molecule has 0 saturated heterocycles. The lowest BCUT2D eigenvalue weighted by molar-refractivity contribution is 0.0663. The van der Waals surface area contributed by atoms with Crippen LogP contribution in [0.4, 0.5) is 0 Å². The minimum absolute atomic E-state index is 0.288. The van der Waals surface area contributed by atoms with Gasteiger partial charge in [-0.2, -0.15) is 4.98 Å². The van der Waals surface area contributed by atoms with Crippen molar-refractivity contribution < 1.29 is 14.3 Å². The zero-order valence-electron chi connectivity index (χ0n) is 14.2. The summed E-state index contributed by atoms with van der Waals surface area (Å²) in [6, 6.07) is 9.93. The van der Waals surface area contributed by atoms with Crippen molar-refractivity contribution in [2.24, 2.45) is 0 Å². The van der Waals surface area contributed by atoms with Crippen molar-refractivity contribution in [3.8, 4) is 5.88 Å². The first-order valence-corrected chi connectivity index (χ1v) is 8.37. The third kappa shape index (κ3) is 4.03. The Labute approximate surface area is 146 Å². The summed E-state index contributed by atoms with van der Waals surface area (Å²) >= 11 is 0. The molecule has 0 N–H and O–H groups in total. The lowest BCUT2D eigenvalue weighted by atomic mass is 10.2. The van der Waals surface area contributed by atoms with Gasteiger partial charge in [0.2, 0.25) is 5.88 Å². The number of hydrogen-bond donors (Lipinski definition) is 0. The number of carbonyl (C=O) groups is 1. The van der Waals surface area contributed by atoms with Crippen molar-refractivity contribution in [2.75, 3.05) is 6.61 Å². The van der Waals surface area contributed by atoms with Crippen LogP contribution >= 0.6 is 0 Å². The summed E-state index contributed by atoms with van der Waals surface area (Å²) in [6.07, 6.45) is 5.92. The lowest BCUT2D eigenvalue weighted by Gasteiger charge is -2.10. The lowest BCUT2D eigenvalue weighted by Crippen LogP contribution is -2.05. The number of nitrogens with zero attached hydrogens (tertiary/aromatic N) is 3. The Morgan fingerprint density at radius 1 is 1.20 bits per heavy atom. The molecular weight excluding hydrogens is 318 g/mol. The molecule has 0 aliphatic heterocycles. The van der Waals surface area contributed by atoms with Crippen molar-refractivity contribution in [1.82, 2.24) is 14.5 Å². The van der Waals surface area contributed by atoms with Crippen LogP contribution in [0.15, 0.2) is 42.9 Å². The minimum atomic E-state index is 0.288. The quantitative estimate of drug-likeness (QED) is 0.440. The van der Waals surface area contributed by atoms with E-state index in [1.165, 1.54) is 6.33 Å². The highest BCUT2D eigenvalue weighted by Crippen LogP contribution is 2.26. The van der Waals surface area contributed by atoms with Crippen LogP contribution in [-0.4, -0.2) is 27.4 Å². The molecule has 2 aromatic heterocycles. The number of carbonyl (C=O) groups excluding carboxylic acids is 1. The van der Waals surface area contributed by atoms with Crippen LogP contribution in [-0.2, 0) is 18.1 Å². The van der Waals surface area contributed by atoms with Gasteiger partial charge in [-0.15, -0.1) is 0 Å². The van der Waals surface area contributed by atoms with Gasteiger partial charge in [-0.05, 0) is 12.0 Å². The van der Waals surface area contributed by atoms with Crippen molar-refractivity contribution in [3.05, 3.63) is 54.0 Å². The van der Waals surface area contributed by atoms with E-state index < -0.39 is 0 Å². The van der Waals surface area contributed by atoms with E-state index in [-0.39, 0.29) is 6.73 Å². The molecule has 130 valence electrons. The molecule has 1 aromatic carbocycles. The maximum absolute atomic E-state index is 11.3. The zero-order valence-corrected chi connectivity index (χ0v) is 14.2. The molecule has 0 saturated carbocycles.